The van der Waals surface area contributed by atoms with Gasteiger partial charge in [-0.2, -0.15) is 4.98 Å². The highest BCUT2D eigenvalue weighted by molar-refractivity contribution is 7.89. The molecule has 1 aromatic heterocycles. The fraction of sp³-hybridized carbons (Fsp3) is 0.391. The second kappa shape index (κ2) is 11.0. The molecule has 1 fully saturated rings. The first kappa shape index (κ1) is 25.0. The summed E-state index contributed by atoms with van der Waals surface area (Å²) < 4.78 is 28.0. The van der Waals surface area contributed by atoms with Crippen LogP contribution in [0, 0.1) is 5.92 Å². The lowest BCUT2D eigenvalue weighted by Crippen LogP contribution is -2.28. The highest BCUT2D eigenvalue weighted by Crippen LogP contribution is 2.33. The number of anilines is 3. The molecule has 8 nitrogen and oxygen atoms in total. The Morgan fingerprint density at radius 3 is 2.42 bits per heavy atom. The van der Waals surface area contributed by atoms with Gasteiger partial charge in [0.25, 0.3) is 0 Å². The van der Waals surface area contributed by atoms with Gasteiger partial charge in [0.05, 0.1) is 12.9 Å². The molecule has 1 saturated carbocycles. The lowest BCUT2D eigenvalue weighted by atomic mass is 9.84. The molecule has 0 amide bonds. The topological polar surface area (TPSA) is 119 Å². The highest BCUT2D eigenvalue weighted by Gasteiger charge is 2.23. The van der Waals surface area contributed by atoms with Gasteiger partial charge in [0, 0.05) is 17.1 Å². The number of nitrogens with zero attached hydrogens (tertiary/aromatic N) is 2. The smallest absolute Gasteiger partial charge is 0.225 e. The molecule has 0 unspecified atom stereocenters. The van der Waals surface area contributed by atoms with E-state index in [2.05, 4.69) is 10.6 Å². The normalized spacial score (nSPS) is 18.4. The molecule has 0 saturated heterocycles. The molecular formula is C23H30ClN5O3S. The highest BCUT2D eigenvalue weighted by atomic mass is 35.5. The lowest BCUT2D eigenvalue weighted by molar-refractivity contribution is 0.330. The third kappa shape index (κ3) is 6.69. The van der Waals surface area contributed by atoms with Gasteiger partial charge in [0.2, 0.25) is 16.0 Å². The lowest BCUT2D eigenvalue weighted by Gasteiger charge is -2.29. The number of para-hydroxylation sites is 2. The summed E-state index contributed by atoms with van der Waals surface area (Å²) in [4.78, 5) is 9.52. The molecule has 178 valence electrons. The van der Waals surface area contributed by atoms with Crippen molar-refractivity contribution in [3.63, 3.8) is 0 Å². The van der Waals surface area contributed by atoms with Crippen molar-refractivity contribution in [2.45, 2.75) is 38.1 Å². The molecule has 4 N–H and O–H groups in total. The van der Waals surface area contributed by atoms with Crippen LogP contribution in [0.4, 0.5) is 17.5 Å². The zero-order chi connectivity index (χ0) is 22.6. The number of rotatable bonds is 8. The number of sulfonamides is 1. The minimum Gasteiger partial charge on any atom is -0.494 e. The number of methoxy groups -OCH3 is 1. The maximum atomic E-state index is 11.2. The van der Waals surface area contributed by atoms with Gasteiger partial charge in [0.15, 0.2) is 0 Å². The van der Waals surface area contributed by atoms with E-state index in [1.807, 2.05) is 48.5 Å². The minimum atomic E-state index is -3.40. The monoisotopic (exact) mass is 491 g/mol. The molecule has 0 bridgehead atoms. The fourth-order valence-electron chi connectivity index (χ4n) is 4.22. The van der Waals surface area contributed by atoms with Gasteiger partial charge < -0.3 is 15.4 Å². The number of primary sulfonamides is 1. The Balaban J connectivity index is 0.00000306. The molecule has 1 heterocycles. The second-order valence-corrected chi connectivity index (χ2v) is 9.99. The van der Waals surface area contributed by atoms with Crippen molar-refractivity contribution in [2.24, 2.45) is 11.1 Å². The van der Waals surface area contributed by atoms with Crippen LogP contribution in [-0.4, -0.2) is 37.3 Å². The Morgan fingerprint density at radius 1 is 1.03 bits per heavy atom. The number of hydrogen-bond donors (Lipinski definition) is 3. The Bertz CT molecular complexity index is 1170. The number of fused-ring (bicyclic) bond motifs is 1. The van der Waals surface area contributed by atoms with E-state index in [1.54, 1.807) is 7.11 Å². The molecular weight excluding hydrogens is 462 g/mol. The minimum absolute atomic E-state index is 0. The summed E-state index contributed by atoms with van der Waals surface area (Å²) in [5.41, 5.74) is 1.68. The zero-order valence-corrected chi connectivity index (χ0v) is 20.2. The van der Waals surface area contributed by atoms with Gasteiger partial charge in [-0.3, -0.25) is 0 Å². The number of nitrogens with one attached hydrogen (secondary N) is 2. The molecule has 10 heteroatoms. The average Bonchev–Trinajstić information content (AvgIpc) is 2.78. The SMILES string of the molecule is COc1cccc2c(Nc3ccccc3)nc(NC3CCC(CCS(N)(=O)=O)CC3)nc12.Cl. The Morgan fingerprint density at radius 2 is 1.76 bits per heavy atom. The van der Waals surface area contributed by atoms with Gasteiger partial charge >= 0.3 is 0 Å². The molecule has 0 spiro atoms. The van der Waals surface area contributed by atoms with Crippen molar-refractivity contribution in [1.82, 2.24) is 9.97 Å². The Labute approximate surface area is 200 Å². The first-order valence-corrected chi connectivity index (χ1v) is 12.6. The predicted molar refractivity (Wildman–Crippen MR) is 135 cm³/mol. The van der Waals surface area contributed by atoms with Crippen LogP contribution < -0.4 is 20.5 Å². The number of halogens is 1. The summed E-state index contributed by atoms with van der Waals surface area (Å²) in [7, 11) is -1.76. The number of aromatic nitrogens is 2. The van der Waals surface area contributed by atoms with Gasteiger partial charge in [0.1, 0.15) is 17.1 Å². The van der Waals surface area contributed by atoms with Crippen LogP contribution >= 0.6 is 12.4 Å². The van der Waals surface area contributed by atoms with Crippen LogP contribution in [0.3, 0.4) is 0 Å². The van der Waals surface area contributed by atoms with E-state index in [0.29, 0.717) is 29.9 Å². The Hall–Kier alpha value is -2.62. The van der Waals surface area contributed by atoms with Crippen LogP contribution in [0.1, 0.15) is 32.1 Å². The largest absolute Gasteiger partial charge is 0.494 e. The maximum Gasteiger partial charge on any atom is 0.225 e. The van der Waals surface area contributed by atoms with Crippen molar-refractivity contribution >= 4 is 50.8 Å². The van der Waals surface area contributed by atoms with E-state index in [0.717, 1.165) is 42.3 Å². The van der Waals surface area contributed by atoms with E-state index in [9.17, 15) is 8.42 Å². The summed E-state index contributed by atoms with van der Waals surface area (Å²) in [6.45, 7) is 0. The van der Waals surface area contributed by atoms with Crippen molar-refractivity contribution in [3.8, 4) is 5.75 Å². The van der Waals surface area contributed by atoms with Crippen molar-refractivity contribution in [2.75, 3.05) is 23.5 Å². The molecule has 2 aromatic carbocycles. The molecule has 0 atom stereocenters. The molecule has 1 aliphatic carbocycles. The number of nitrogens with two attached hydrogens (primary N) is 1. The van der Waals surface area contributed by atoms with Gasteiger partial charge in [-0.15, -0.1) is 12.4 Å². The summed E-state index contributed by atoms with van der Waals surface area (Å²) in [5.74, 6) is 2.39. The second-order valence-electron chi connectivity index (χ2n) is 8.26. The Kier molecular flexibility index (Phi) is 8.34. The summed E-state index contributed by atoms with van der Waals surface area (Å²) in [6, 6.07) is 15.9. The summed E-state index contributed by atoms with van der Waals surface area (Å²) in [5, 5.41) is 12.9. The number of ether oxygens (including phenoxy) is 1. The van der Waals surface area contributed by atoms with Crippen LogP contribution in [-0.2, 0) is 10.0 Å². The third-order valence-electron chi connectivity index (χ3n) is 5.94. The van der Waals surface area contributed by atoms with Gasteiger partial charge in [-0.25, -0.2) is 18.5 Å². The summed E-state index contributed by atoms with van der Waals surface area (Å²) >= 11 is 0. The molecule has 0 radical (unpaired) electrons. The standard InChI is InChI=1S/C23H29N5O3S.ClH/c1-31-20-9-5-8-19-21(20)27-23(28-22(19)25-17-6-3-2-4-7-17)26-18-12-10-16(11-13-18)14-15-32(24,29)30;/h2-9,16,18H,10-15H2,1H3,(H2,24,29,30)(H2,25,26,27,28);1H. The molecule has 3 aromatic rings. The zero-order valence-electron chi connectivity index (χ0n) is 18.5. The van der Waals surface area contributed by atoms with Crippen LogP contribution in [0.15, 0.2) is 48.5 Å². The van der Waals surface area contributed by atoms with E-state index in [-0.39, 0.29) is 24.2 Å². The van der Waals surface area contributed by atoms with Crippen LogP contribution in [0.2, 0.25) is 0 Å². The molecule has 1 aliphatic rings. The third-order valence-corrected chi connectivity index (χ3v) is 6.74. The average molecular weight is 492 g/mol. The van der Waals surface area contributed by atoms with E-state index in [1.165, 1.54) is 0 Å². The van der Waals surface area contributed by atoms with Gasteiger partial charge in [-0.05, 0) is 62.3 Å². The summed E-state index contributed by atoms with van der Waals surface area (Å²) in [6.07, 6.45) is 4.41. The molecule has 0 aliphatic heterocycles. The first-order valence-electron chi connectivity index (χ1n) is 10.8. The van der Waals surface area contributed by atoms with Gasteiger partial charge in [-0.1, -0.05) is 24.3 Å². The first-order chi connectivity index (χ1) is 15.4. The van der Waals surface area contributed by atoms with Crippen molar-refractivity contribution in [3.05, 3.63) is 48.5 Å². The van der Waals surface area contributed by atoms with Crippen LogP contribution in [0.5, 0.6) is 5.75 Å². The maximum absolute atomic E-state index is 11.2. The number of benzene rings is 2. The molecule has 33 heavy (non-hydrogen) atoms. The van der Waals surface area contributed by atoms with Crippen molar-refractivity contribution < 1.29 is 13.2 Å². The van der Waals surface area contributed by atoms with E-state index in [4.69, 9.17) is 19.8 Å². The fourth-order valence-corrected chi connectivity index (χ4v) is 4.88. The van der Waals surface area contributed by atoms with E-state index >= 15 is 0 Å². The number of hydrogen-bond acceptors (Lipinski definition) is 7. The predicted octanol–water partition coefficient (Wildman–Crippen LogP) is 4.45. The van der Waals surface area contributed by atoms with E-state index < -0.39 is 10.0 Å². The van der Waals surface area contributed by atoms with Crippen molar-refractivity contribution in [1.29, 1.82) is 0 Å². The quantitative estimate of drug-likeness (QED) is 0.425. The molecule has 4 rings (SSSR count). The van der Waals surface area contributed by atoms with Crippen LogP contribution in [0.25, 0.3) is 10.9 Å².